The highest BCUT2D eigenvalue weighted by Crippen LogP contribution is 2.23. The Morgan fingerprint density at radius 3 is 2.53 bits per heavy atom. The molecule has 0 bridgehead atoms. The average Bonchev–Trinajstić information content (AvgIpc) is 2.25. The third kappa shape index (κ3) is 5.11. The summed E-state index contributed by atoms with van der Waals surface area (Å²) < 4.78 is 0. The Bertz CT molecular complexity index is 352. The first-order valence-corrected chi connectivity index (χ1v) is 7.08. The Labute approximate surface area is 109 Å². The quantitative estimate of drug-likeness (QED) is 0.765. The summed E-state index contributed by atoms with van der Waals surface area (Å²) in [6.07, 6.45) is 0. The second-order valence-electron chi connectivity index (χ2n) is 4.78. The van der Waals surface area contributed by atoms with E-state index in [2.05, 4.69) is 51.2 Å². The van der Waals surface area contributed by atoms with Crippen molar-refractivity contribution in [2.24, 2.45) is 0 Å². The predicted octanol–water partition coefficient (Wildman–Crippen LogP) is 2.75. The van der Waals surface area contributed by atoms with E-state index < -0.39 is 0 Å². The van der Waals surface area contributed by atoms with E-state index in [0.717, 1.165) is 5.75 Å². The third-order valence-electron chi connectivity index (χ3n) is 2.56. The molecule has 0 saturated carbocycles. The molecule has 0 saturated heterocycles. The van der Waals surface area contributed by atoms with Crippen LogP contribution in [0.4, 0.5) is 0 Å². The third-order valence-corrected chi connectivity index (χ3v) is 3.90. The van der Waals surface area contributed by atoms with Crippen LogP contribution in [0.15, 0.2) is 23.1 Å². The molecule has 0 radical (unpaired) electrons. The number of rotatable bonds is 6. The first-order valence-electron chi connectivity index (χ1n) is 6.10. The van der Waals surface area contributed by atoms with Gasteiger partial charge in [-0.3, -0.25) is 0 Å². The molecule has 0 aliphatic heterocycles. The van der Waals surface area contributed by atoms with Gasteiger partial charge in [0.1, 0.15) is 0 Å². The molecular formula is C14H23NOS. The maximum atomic E-state index is 9.29. The minimum Gasteiger partial charge on any atom is -0.395 e. The molecule has 1 atom stereocenters. The van der Waals surface area contributed by atoms with Crippen molar-refractivity contribution in [1.82, 2.24) is 5.32 Å². The summed E-state index contributed by atoms with van der Waals surface area (Å²) in [6, 6.07) is 7.08. The van der Waals surface area contributed by atoms with E-state index >= 15 is 0 Å². The number of aryl methyl sites for hydroxylation is 2. The van der Waals surface area contributed by atoms with Gasteiger partial charge in [-0.25, -0.2) is 0 Å². The van der Waals surface area contributed by atoms with Gasteiger partial charge in [-0.05, 0) is 25.5 Å². The molecule has 1 unspecified atom stereocenters. The molecule has 0 heterocycles. The molecule has 0 aliphatic rings. The molecule has 0 aromatic heterocycles. The van der Waals surface area contributed by atoms with Crippen molar-refractivity contribution >= 4 is 11.8 Å². The van der Waals surface area contributed by atoms with Crippen LogP contribution >= 0.6 is 11.8 Å². The summed E-state index contributed by atoms with van der Waals surface area (Å²) in [5, 5.41) is 12.7. The van der Waals surface area contributed by atoms with Gasteiger partial charge in [0.2, 0.25) is 0 Å². The number of hydrogen-bond donors (Lipinski definition) is 2. The molecule has 17 heavy (non-hydrogen) atoms. The van der Waals surface area contributed by atoms with Crippen LogP contribution in [0.1, 0.15) is 25.0 Å². The van der Waals surface area contributed by atoms with Crippen molar-refractivity contribution in [3.63, 3.8) is 0 Å². The highest BCUT2D eigenvalue weighted by atomic mass is 32.2. The molecule has 1 aromatic carbocycles. The Kier molecular flexibility index (Phi) is 6.03. The van der Waals surface area contributed by atoms with Gasteiger partial charge in [-0.15, -0.1) is 11.8 Å². The van der Waals surface area contributed by atoms with Crippen molar-refractivity contribution < 1.29 is 5.11 Å². The van der Waals surface area contributed by atoms with Crippen molar-refractivity contribution in [2.45, 2.75) is 44.7 Å². The smallest absolute Gasteiger partial charge is 0.0592 e. The lowest BCUT2D eigenvalue weighted by molar-refractivity contribution is 0.247. The Morgan fingerprint density at radius 2 is 2.00 bits per heavy atom. The van der Waals surface area contributed by atoms with E-state index in [-0.39, 0.29) is 12.6 Å². The number of hydrogen-bond acceptors (Lipinski definition) is 3. The number of nitrogens with one attached hydrogen (secondary N) is 1. The molecule has 0 fully saturated rings. The van der Waals surface area contributed by atoms with Crippen molar-refractivity contribution in [2.75, 3.05) is 12.4 Å². The molecular weight excluding hydrogens is 230 g/mol. The number of aliphatic hydroxyl groups is 1. The zero-order valence-electron chi connectivity index (χ0n) is 11.2. The van der Waals surface area contributed by atoms with Crippen LogP contribution < -0.4 is 5.32 Å². The molecule has 0 amide bonds. The van der Waals surface area contributed by atoms with Crippen molar-refractivity contribution in [1.29, 1.82) is 0 Å². The van der Waals surface area contributed by atoms with Crippen LogP contribution in [0, 0.1) is 13.8 Å². The maximum Gasteiger partial charge on any atom is 0.0592 e. The number of aliphatic hydroxyl groups excluding tert-OH is 1. The largest absolute Gasteiger partial charge is 0.395 e. The fourth-order valence-corrected chi connectivity index (χ4v) is 2.81. The standard InChI is InChI=1S/C14H23NOS/c1-10(2)15-13(8-16)9-17-14-6-5-11(3)7-12(14)4/h5-7,10,13,15-16H,8-9H2,1-4H3. The summed E-state index contributed by atoms with van der Waals surface area (Å²) in [5.41, 5.74) is 2.61. The lowest BCUT2D eigenvalue weighted by Gasteiger charge is -2.19. The zero-order chi connectivity index (χ0) is 12.8. The van der Waals surface area contributed by atoms with Crippen LogP contribution in [0.5, 0.6) is 0 Å². The van der Waals surface area contributed by atoms with E-state index in [0.29, 0.717) is 6.04 Å². The predicted molar refractivity (Wildman–Crippen MR) is 75.8 cm³/mol. The summed E-state index contributed by atoms with van der Waals surface area (Å²) in [4.78, 5) is 1.31. The van der Waals surface area contributed by atoms with E-state index in [1.54, 1.807) is 0 Å². The topological polar surface area (TPSA) is 32.3 Å². The van der Waals surface area contributed by atoms with Gasteiger partial charge in [0.25, 0.3) is 0 Å². The maximum absolute atomic E-state index is 9.29. The van der Waals surface area contributed by atoms with Crippen LogP contribution in [-0.4, -0.2) is 29.5 Å². The molecule has 2 N–H and O–H groups in total. The number of benzene rings is 1. The summed E-state index contributed by atoms with van der Waals surface area (Å²) in [7, 11) is 0. The van der Waals surface area contributed by atoms with Gasteiger partial charge < -0.3 is 10.4 Å². The molecule has 3 heteroatoms. The molecule has 1 rings (SSSR count). The fraction of sp³-hybridized carbons (Fsp3) is 0.571. The molecule has 96 valence electrons. The Hall–Kier alpha value is -0.510. The fourth-order valence-electron chi connectivity index (χ4n) is 1.78. The summed E-state index contributed by atoms with van der Waals surface area (Å²) in [5.74, 6) is 0.901. The van der Waals surface area contributed by atoms with Gasteiger partial charge in [-0.2, -0.15) is 0 Å². The van der Waals surface area contributed by atoms with E-state index in [1.165, 1.54) is 16.0 Å². The van der Waals surface area contributed by atoms with E-state index in [9.17, 15) is 5.11 Å². The normalized spacial score (nSPS) is 13.1. The monoisotopic (exact) mass is 253 g/mol. The molecule has 2 nitrogen and oxygen atoms in total. The Morgan fingerprint density at radius 1 is 1.29 bits per heavy atom. The van der Waals surface area contributed by atoms with E-state index in [1.807, 2.05) is 11.8 Å². The number of thioether (sulfide) groups is 1. The molecule has 1 aromatic rings. The zero-order valence-corrected chi connectivity index (χ0v) is 12.0. The van der Waals surface area contributed by atoms with Crippen LogP contribution in [0.2, 0.25) is 0 Å². The second kappa shape index (κ2) is 7.04. The van der Waals surface area contributed by atoms with Crippen LogP contribution in [0.3, 0.4) is 0 Å². The summed E-state index contributed by atoms with van der Waals surface area (Å²) >= 11 is 1.81. The minimum atomic E-state index is 0.167. The molecule has 0 aliphatic carbocycles. The first kappa shape index (κ1) is 14.6. The van der Waals surface area contributed by atoms with Gasteiger partial charge >= 0.3 is 0 Å². The lowest BCUT2D eigenvalue weighted by Crippen LogP contribution is -2.39. The van der Waals surface area contributed by atoms with Gasteiger partial charge in [-0.1, -0.05) is 31.5 Å². The minimum absolute atomic E-state index is 0.167. The lowest BCUT2D eigenvalue weighted by atomic mass is 10.2. The highest BCUT2D eigenvalue weighted by Gasteiger charge is 2.09. The SMILES string of the molecule is Cc1ccc(SCC(CO)NC(C)C)c(C)c1. The van der Waals surface area contributed by atoms with Crippen molar-refractivity contribution in [3.8, 4) is 0 Å². The first-order chi connectivity index (χ1) is 8.02. The van der Waals surface area contributed by atoms with Crippen LogP contribution in [-0.2, 0) is 0 Å². The van der Waals surface area contributed by atoms with Crippen molar-refractivity contribution in [3.05, 3.63) is 29.3 Å². The second-order valence-corrected chi connectivity index (χ2v) is 5.84. The average molecular weight is 253 g/mol. The Balaban J connectivity index is 2.53. The van der Waals surface area contributed by atoms with Crippen LogP contribution in [0.25, 0.3) is 0 Å². The van der Waals surface area contributed by atoms with Gasteiger partial charge in [0.05, 0.1) is 6.61 Å². The van der Waals surface area contributed by atoms with Gasteiger partial charge in [0, 0.05) is 22.7 Å². The molecule has 0 spiro atoms. The van der Waals surface area contributed by atoms with Gasteiger partial charge in [0.15, 0.2) is 0 Å². The van der Waals surface area contributed by atoms with E-state index in [4.69, 9.17) is 0 Å². The summed E-state index contributed by atoms with van der Waals surface area (Å²) in [6.45, 7) is 8.64. The highest BCUT2D eigenvalue weighted by molar-refractivity contribution is 7.99.